The SMILES string of the molecule is O=C(O)N[C@@H]1CCC[C@@H](C(=O)NCc2nc(Br)cnc2Cl)C1. The van der Waals surface area contributed by atoms with E-state index in [1.165, 1.54) is 6.20 Å². The van der Waals surface area contributed by atoms with Crippen LogP contribution in [0.1, 0.15) is 31.4 Å². The van der Waals surface area contributed by atoms with Gasteiger partial charge in [-0.3, -0.25) is 4.79 Å². The number of aromatic nitrogens is 2. The summed E-state index contributed by atoms with van der Waals surface area (Å²) >= 11 is 9.13. The molecule has 2 amide bonds. The fraction of sp³-hybridized carbons (Fsp3) is 0.538. The molecule has 1 aliphatic rings. The first kappa shape index (κ1) is 17.0. The number of carbonyl (C=O) groups is 2. The third-order valence-electron chi connectivity index (χ3n) is 3.57. The molecule has 22 heavy (non-hydrogen) atoms. The predicted octanol–water partition coefficient (Wildman–Crippen LogP) is 2.34. The van der Waals surface area contributed by atoms with Crippen LogP contribution in [0.4, 0.5) is 4.79 Å². The van der Waals surface area contributed by atoms with E-state index >= 15 is 0 Å². The van der Waals surface area contributed by atoms with Crippen molar-refractivity contribution < 1.29 is 14.7 Å². The Labute approximate surface area is 141 Å². The monoisotopic (exact) mass is 390 g/mol. The highest BCUT2D eigenvalue weighted by atomic mass is 79.9. The van der Waals surface area contributed by atoms with E-state index in [4.69, 9.17) is 16.7 Å². The summed E-state index contributed by atoms with van der Waals surface area (Å²) in [5.74, 6) is -0.320. The number of hydrogen-bond donors (Lipinski definition) is 3. The number of amides is 2. The molecule has 0 unspecified atom stereocenters. The van der Waals surface area contributed by atoms with Gasteiger partial charge in [0.1, 0.15) is 4.60 Å². The number of nitrogens with one attached hydrogen (secondary N) is 2. The molecule has 2 atom stereocenters. The zero-order valence-corrected chi connectivity index (χ0v) is 14.0. The minimum atomic E-state index is -1.05. The molecule has 7 nitrogen and oxygen atoms in total. The Kier molecular flexibility index (Phi) is 5.96. The van der Waals surface area contributed by atoms with Gasteiger partial charge in [0.2, 0.25) is 5.91 Å². The maximum absolute atomic E-state index is 12.2. The third-order valence-corrected chi connectivity index (χ3v) is 4.26. The second-order valence-electron chi connectivity index (χ2n) is 5.16. The minimum Gasteiger partial charge on any atom is -0.465 e. The Morgan fingerprint density at radius 1 is 1.45 bits per heavy atom. The van der Waals surface area contributed by atoms with Crippen LogP contribution < -0.4 is 10.6 Å². The molecule has 0 spiro atoms. The van der Waals surface area contributed by atoms with Gasteiger partial charge in [-0.2, -0.15) is 0 Å². The van der Waals surface area contributed by atoms with E-state index < -0.39 is 6.09 Å². The van der Waals surface area contributed by atoms with E-state index in [1.54, 1.807) is 0 Å². The molecule has 1 heterocycles. The summed E-state index contributed by atoms with van der Waals surface area (Å²) in [5.41, 5.74) is 0.486. The smallest absolute Gasteiger partial charge is 0.404 e. The van der Waals surface area contributed by atoms with Crippen LogP contribution >= 0.6 is 27.5 Å². The second kappa shape index (κ2) is 7.73. The largest absolute Gasteiger partial charge is 0.465 e. The average Bonchev–Trinajstić information content (AvgIpc) is 2.47. The van der Waals surface area contributed by atoms with Crippen LogP contribution in [0.25, 0.3) is 0 Å². The van der Waals surface area contributed by atoms with Crippen LogP contribution in [-0.2, 0) is 11.3 Å². The fourth-order valence-corrected chi connectivity index (χ4v) is 3.02. The second-order valence-corrected chi connectivity index (χ2v) is 6.33. The Morgan fingerprint density at radius 2 is 2.23 bits per heavy atom. The summed E-state index contributed by atoms with van der Waals surface area (Å²) in [6, 6.07) is -0.170. The molecule has 0 radical (unpaired) electrons. The van der Waals surface area contributed by atoms with E-state index in [-0.39, 0.29) is 29.6 Å². The van der Waals surface area contributed by atoms with E-state index in [2.05, 4.69) is 36.5 Å². The van der Waals surface area contributed by atoms with Gasteiger partial charge in [0.05, 0.1) is 18.4 Å². The molecule has 0 bridgehead atoms. The minimum absolute atomic E-state index is 0.116. The van der Waals surface area contributed by atoms with Crippen LogP contribution in [0.5, 0.6) is 0 Å². The highest BCUT2D eigenvalue weighted by molar-refractivity contribution is 9.10. The molecular weight excluding hydrogens is 376 g/mol. The van der Waals surface area contributed by atoms with Crippen molar-refractivity contribution in [3.63, 3.8) is 0 Å². The third kappa shape index (κ3) is 4.81. The molecule has 9 heteroatoms. The first-order chi connectivity index (χ1) is 10.5. The fourth-order valence-electron chi connectivity index (χ4n) is 2.55. The molecule has 0 aliphatic heterocycles. The first-order valence-corrected chi connectivity index (χ1v) is 8.07. The van der Waals surface area contributed by atoms with Crippen molar-refractivity contribution in [1.82, 2.24) is 20.6 Å². The number of carbonyl (C=O) groups excluding carboxylic acids is 1. The molecule has 1 fully saturated rings. The number of rotatable bonds is 4. The summed E-state index contributed by atoms with van der Waals surface area (Å²) in [6.07, 6.45) is 3.27. The van der Waals surface area contributed by atoms with Gasteiger partial charge in [0.15, 0.2) is 5.15 Å². The van der Waals surface area contributed by atoms with Crippen LogP contribution in [0.2, 0.25) is 5.15 Å². The van der Waals surface area contributed by atoms with E-state index in [0.717, 1.165) is 19.3 Å². The lowest BCUT2D eigenvalue weighted by Gasteiger charge is -2.28. The number of halogens is 2. The molecule has 120 valence electrons. The average molecular weight is 392 g/mol. The van der Waals surface area contributed by atoms with Crippen molar-refractivity contribution in [2.24, 2.45) is 5.92 Å². The van der Waals surface area contributed by atoms with Gasteiger partial charge < -0.3 is 15.7 Å². The van der Waals surface area contributed by atoms with Crippen molar-refractivity contribution in [3.05, 3.63) is 21.6 Å². The zero-order chi connectivity index (χ0) is 16.1. The summed E-state index contributed by atoms with van der Waals surface area (Å²) in [4.78, 5) is 31.0. The molecule has 1 saturated carbocycles. The molecule has 1 aromatic heterocycles. The maximum atomic E-state index is 12.2. The van der Waals surface area contributed by atoms with Crippen molar-refractivity contribution in [1.29, 1.82) is 0 Å². The lowest BCUT2D eigenvalue weighted by molar-refractivity contribution is -0.126. The molecular formula is C13H16BrClN4O3. The number of nitrogens with zero attached hydrogens (tertiary/aromatic N) is 2. The van der Waals surface area contributed by atoms with Crippen molar-refractivity contribution >= 4 is 39.5 Å². The van der Waals surface area contributed by atoms with Gasteiger partial charge in [-0.15, -0.1) is 0 Å². The highest BCUT2D eigenvalue weighted by Gasteiger charge is 2.28. The molecule has 1 aliphatic carbocycles. The Hall–Kier alpha value is -1.41. The van der Waals surface area contributed by atoms with Gasteiger partial charge in [-0.1, -0.05) is 18.0 Å². The predicted molar refractivity (Wildman–Crippen MR) is 83.5 cm³/mol. The van der Waals surface area contributed by atoms with E-state index in [9.17, 15) is 9.59 Å². The van der Waals surface area contributed by atoms with Crippen molar-refractivity contribution in [3.8, 4) is 0 Å². The summed E-state index contributed by atoms with van der Waals surface area (Å²) in [5, 5.41) is 14.2. The summed E-state index contributed by atoms with van der Waals surface area (Å²) in [6.45, 7) is 0.192. The first-order valence-electron chi connectivity index (χ1n) is 6.89. The standard InChI is InChI=1S/C13H16BrClN4O3/c14-10-6-16-11(15)9(19-10)5-17-12(20)7-2-1-3-8(4-7)18-13(21)22/h6-8,18H,1-5H2,(H,17,20)(H,21,22)/t7-,8-/m1/s1. The molecule has 0 aromatic carbocycles. The quantitative estimate of drug-likeness (QED) is 0.731. The molecule has 1 aromatic rings. The van der Waals surface area contributed by atoms with E-state index in [0.29, 0.717) is 16.7 Å². The van der Waals surface area contributed by atoms with Gasteiger partial charge in [-0.25, -0.2) is 14.8 Å². The Balaban J connectivity index is 1.89. The zero-order valence-electron chi connectivity index (χ0n) is 11.7. The summed E-state index contributed by atoms with van der Waals surface area (Å²) < 4.78 is 0.546. The summed E-state index contributed by atoms with van der Waals surface area (Å²) in [7, 11) is 0. The number of carboxylic acid groups (broad SMARTS) is 1. The van der Waals surface area contributed by atoms with Crippen LogP contribution in [0, 0.1) is 5.92 Å². The van der Waals surface area contributed by atoms with Gasteiger partial charge in [-0.05, 0) is 35.2 Å². The number of hydrogen-bond acceptors (Lipinski definition) is 4. The van der Waals surface area contributed by atoms with E-state index in [1.807, 2.05) is 0 Å². The normalized spacial score (nSPS) is 21.2. The lowest BCUT2D eigenvalue weighted by atomic mass is 9.85. The molecule has 3 N–H and O–H groups in total. The Bertz CT molecular complexity index is 572. The van der Waals surface area contributed by atoms with Crippen molar-refractivity contribution in [2.45, 2.75) is 38.3 Å². The highest BCUT2D eigenvalue weighted by Crippen LogP contribution is 2.24. The Morgan fingerprint density at radius 3 is 2.95 bits per heavy atom. The lowest BCUT2D eigenvalue weighted by Crippen LogP contribution is -2.41. The topological polar surface area (TPSA) is 104 Å². The molecule has 2 rings (SSSR count). The molecule has 0 saturated heterocycles. The van der Waals surface area contributed by atoms with Crippen LogP contribution in [0.3, 0.4) is 0 Å². The van der Waals surface area contributed by atoms with Crippen LogP contribution in [-0.4, -0.2) is 33.1 Å². The maximum Gasteiger partial charge on any atom is 0.404 e. The van der Waals surface area contributed by atoms with Gasteiger partial charge in [0.25, 0.3) is 0 Å². The van der Waals surface area contributed by atoms with Crippen LogP contribution in [0.15, 0.2) is 10.8 Å². The van der Waals surface area contributed by atoms with Gasteiger partial charge >= 0.3 is 6.09 Å². The van der Waals surface area contributed by atoms with Crippen molar-refractivity contribution in [2.75, 3.05) is 0 Å². The van der Waals surface area contributed by atoms with Gasteiger partial charge in [0, 0.05) is 12.0 Å².